The van der Waals surface area contributed by atoms with E-state index in [-0.39, 0.29) is 25.7 Å². The van der Waals surface area contributed by atoms with Crippen LogP contribution in [0.3, 0.4) is 0 Å². The van der Waals surface area contributed by atoms with E-state index < -0.39 is 97.5 Å². The average Bonchev–Trinajstić information content (AvgIpc) is 1.32. The van der Waals surface area contributed by atoms with Crippen LogP contribution < -0.4 is 0 Å². The van der Waals surface area contributed by atoms with Crippen LogP contribution in [0.5, 0.6) is 0 Å². The summed E-state index contributed by atoms with van der Waals surface area (Å²) in [7, 11) is -9.91. The molecule has 94 heavy (non-hydrogen) atoms. The first-order valence-electron chi connectivity index (χ1n) is 39.1. The lowest BCUT2D eigenvalue weighted by molar-refractivity contribution is -0.161. The summed E-state index contributed by atoms with van der Waals surface area (Å²) in [4.78, 5) is 72.7. The van der Waals surface area contributed by atoms with Crippen molar-refractivity contribution in [2.75, 3.05) is 39.6 Å². The minimum atomic E-state index is -4.96. The second kappa shape index (κ2) is 66.9. The number of aliphatic hydroxyl groups is 1. The molecule has 0 aromatic carbocycles. The number of phosphoric acid groups is 2. The van der Waals surface area contributed by atoms with Gasteiger partial charge in [-0.3, -0.25) is 37.3 Å². The predicted molar refractivity (Wildman–Crippen MR) is 381 cm³/mol. The van der Waals surface area contributed by atoms with Gasteiger partial charge in [-0.1, -0.05) is 337 Å². The molecule has 4 unspecified atom stereocenters. The molecule has 0 aliphatic rings. The molecular weight excluding hydrogens is 1230 g/mol. The number of aliphatic hydroxyl groups excluding tert-OH is 1. The Labute approximate surface area is 575 Å². The second-order valence-electron chi connectivity index (χ2n) is 27.5. The number of carbonyl (C=O) groups is 4. The van der Waals surface area contributed by atoms with E-state index in [9.17, 15) is 43.2 Å². The van der Waals surface area contributed by atoms with Crippen molar-refractivity contribution in [1.29, 1.82) is 0 Å². The van der Waals surface area contributed by atoms with Gasteiger partial charge in [0, 0.05) is 25.7 Å². The summed E-state index contributed by atoms with van der Waals surface area (Å²) in [6.45, 7) is 9.48. The van der Waals surface area contributed by atoms with Crippen LogP contribution in [-0.2, 0) is 65.4 Å². The SMILES string of the molecule is CCCCCCCCCCCCCCCCCCCCCCCCC(=O)O[C@H](COC(=O)CCCCCCCCCCCCCC)COP(=O)(O)OC[C@@H](O)COP(=O)(O)OC[C@@H](COC(=O)CCCCCCCCC(C)CC)OC(=O)CCCCCCCCC(C)CC. The van der Waals surface area contributed by atoms with Crippen LogP contribution in [0.4, 0.5) is 0 Å². The largest absolute Gasteiger partial charge is 0.472 e. The first-order valence-corrected chi connectivity index (χ1v) is 42.1. The molecule has 0 bridgehead atoms. The van der Waals surface area contributed by atoms with E-state index in [4.69, 9.17) is 37.0 Å². The molecule has 0 amide bonds. The number of hydrogen-bond donors (Lipinski definition) is 3. The van der Waals surface area contributed by atoms with Crippen LogP contribution in [0.15, 0.2) is 0 Å². The first-order chi connectivity index (χ1) is 45.4. The van der Waals surface area contributed by atoms with Crippen molar-refractivity contribution in [3.05, 3.63) is 0 Å². The molecule has 558 valence electrons. The molecule has 0 heterocycles. The summed E-state index contributed by atoms with van der Waals surface area (Å²) < 4.78 is 68.4. The molecule has 0 fully saturated rings. The minimum Gasteiger partial charge on any atom is -0.462 e. The van der Waals surface area contributed by atoms with Crippen molar-refractivity contribution in [2.45, 2.75) is 407 Å². The Morgan fingerprint density at radius 2 is 0.511 bits per heavy atom. The van der Waals surface area contributed by atoms with E-state index in [1.165, 1.54) is 199 Å². The Kier molecular flexibility index (Phi) is 65.5. The molecule has 17 nitrogen and oxygen atoms in total. The van der Waals surface area contributed by atoms with E-state index in [0.29, 0.717) is 25.7 Å². The lowest BCUT2D eigenvalue weighted by Gasteiger charge is -2.21. The topological polar surface area (TPSA) is 237 Å². The molecule has 0 saturated carbocycles. The third kappa shape index (κ3) is 66.0. The van der Waals surface area contributed by atoms with Crippen LogP contribution in [0, 0.1) is 11.8 Å². The van der Waals surface area contributed by atoms with E-state index in [0.717, 1.165) is 108 Å². The van der Waals surface area contributed by atoms with Crippen LogP contribution in [0.25, 0.3) is 0 Å². The maximum Gasteiger partial charge on any atom is 0.472 e. The Balaban J connectivity index is 5.17. The molecule has 3 N–H and O–H groups in total. The predicted octanol–water partition coefficient (Wildman–Crippen LogP) is 21.9. The van der Waals surface area contributed by atoms with Gasteiger partial charge in [0.2, 0.25) is 0 Å². The zero-order valence-electron chi connectivity index (χ0n) is 61.3. The molecule has 7 atom stereocenters. The molecule has 0 radical (unpaired) electrons. The zero-order valence-corrected chi connectivity index (χ0v) is 63.1. The molecule has 0 aromatic rings. The van der Waals surface area contributed by atoms with Gasteiger partial charge in [-0.15, -0.1) is 0 Å². The van der Waals surface area contributed by atoms with Gasteiger partial charge in [-0.25, -0.2) is 9.13 Å². The third-order valence-electron chi connectivity index (χ3n) is 18.2. The molecular formula is C75H146O17P2. The summed E-state index contributed by atoms with van der Waals surface area (Å²) in [5, 5.41) is 10.6. The van der Waals surface area contributed by atoms with Gasteiger partial charge in [-0.2, -0.15) is 0 Å². The molecule has 0 aliphatic heterocycles. The highest BCUT2D eigenvalue weighted by molar-refractivity contribution is 7.47. The maximum absolute atomic E-state index is 13.1. The van der Waals surface area contributed by atoms with Crippen LogP contribution in [0.2, 0.25) is 0 Å². The first kappa shape index (κ1) is 92.1. The lowest BCUT2D eigenvalue weighted by atomic mass is 10.00. The summed E-state index contributed by atoms with van der Waals surface area (Å²) in [5.41, 5.74) is 0. The highest BCUT2D eigenvalue weighted by Crippen LogP contribution is 2.45. The van der Waals surface area contributed by atoms with Crippen molar-refractivity contribution in [3.8, 4) is 0 Å². The Bertz CT molecular complexity index is 1820. The average molecular weight is 1380 g/mol. The van der Waals surface area contributed by atoms with Crippen molar-refractivity contribution in [2.24, 2.45) is 11.8 Å². The van der Waals surface area contributed by atoms with Gasteiger partial charge >= 0.3 is 39.5 Å². The van der Waals surface area contributed by atoms with Gasteiger partial charge in [0.05, 0.1) is 26.4 Å². The van der Waals surface area contributed by atoms with Gasteiger partial charge in [0.1, 0.15) is 19.3 Å². The molecule has 19 heteroatoms. The van der Waals surface area contributed by atoms with Crippen molar-refractivity contribution >= 4 is 39.5 Å². The van der Waals surface area contributed by atoms with E-state index in [2.05, 4.69) is 41.5 Å². The van der Waals surface area contributed by atoms with Crippen molar-refractivity contribution in [3.63, 3.8) is 0 Å². The highest BCUT2D eigenvalue weighted by atomic mass is 31.2. The number of ether oxygens (including phenoxy) is 4. The number of esters is 4. The zero-order chi connectivity index (χ0) is 69.3. The summed E-state index contributed by atoms with van der Waals surface area (Å²) >= 11 is 0. The van der Waals surface area contributed by atoms with Crippen LogP contribution in [-0.4, -0.2) is 96.7 Å². The second-order valence-corrected chi connectivity index (χ2v) is 30.4. The molecule has 0 aliphatic carbocycles. The van der Waals surface area contributed by atoms with E-state index in [1.807, 2.05) is 0 Å². The quantitative estimate of drug-likeness (QED) is 0.0222. The van der Waals surface area contributed by atoms with Crippen molar-refractivity contribution in [1.82, 2.24) is 0 Å². The Morgan fingerprint density at radius 3 is 0.755 bits per heavy atom. The number of hydrogen-bond acceptors (Lipinski definition) is 15. The molecule has 0 aromatic heterocycles. The monoisotopic (exact) mass is 1380 g/mol. The molecule has 0 spiro atoms. The lowest BCUT2D eigenvalue weighted by Crippen LogP contribution is -2.30. The highest BCUT2D eigenvalue weighted by Gasteiger charge is 2.30. The fourth-order valence-corrected chi connectivity index (χ4v) is 13.0. The van der Waals surface area contributed by atoms with E-state index in [1.54, 1.807) is 0 Å². The third-order valence-corrected chi connectivity index (χ3v) is 20.1. The smallest absolute Gasteiger partial charge is 0.462 e. The van der Waals surface area contributed by atoms with Gasteiger partial charge in [-0.05, 0) is 37.5 Å². The van der Waals surface area contributed by atoms with Crippen molar-refractivity contribution < 1.29 is 80.2 Å². The fourth-order valence-electron chi connectivity index (χ4n) is 11.4. The minimum absolute atomic E-state index is 0.102. The van der Waals surface area contributed by atoms with Gasteiger partial charge in [0.25, 0.3) is 0 Å². The standard InChI is InChI=1S/C75H146O17P2/c1-7-11-13-15-17-19-21-23-24-25-26-27-28-29-30-31-32-34-36-38-47-53-59-74(79)91-70(63-85-72(77)57-51-45-37-35-33-22-20-18-16-14-12-8-2)65-89-93(81,82)87-61-69(76)62-88-94(83,84)90-66-71(92-75(80)60-54-48-42-40-44-50-56-68(6)10-4)64-86-73(78)58-52-46-41-39-43-49-55-67(5)9-3/h67-71,76H,7-66H2,1-6H3,(H,81,82)(H,83,84)/t67?,68?,69-,70-,71-/m1/s1. The molecule has 0 rings (SSSR count). The van der Waals surface area contributed by atoms with Crippen LogP contribution >= 0.6 is 15.6 Å². The summed E-state index contributed by atoms with van der Waals surface area (Å²) in [6, 6.07) is 0. The maximum atomic E-state index is 13.1. The van der Waals surface area contributed by atoms with Gasteiger partial charge in [0.15, 0.2) is 12.2 Å². The van der Waals surface area contributed by atoms with Crippen LogP contribution in [0.1, 0.15) is 388 Å². The molecule has 0 saturated heterocycles. The summed E-state index contributed by atoms with van der Waals surface area (Å²) in [5.74, 6) is -0.672. The fraction of sp³-hybridized carbons (Fsp3) is 0.947. The Hall–Kier alpha value is -1.94. The number of rotatable bonds is 74. The summed E-state index contributed by atoms with van der Waals surface area (Å²) in [6.07, 6.45) is 54.4. The number of carbonyl (C=O) groups excluding carboxylic acids is 4. The number of unbranched alkanes of at least 4 members (excludes halogenated alkanes) is 42. The Morgan fingerprint density at radius 1 is 0.298 bits per heavy atom. The normalized spacial score (nSPS) is 14.6. The number of phosphoric ester groups is 2. The van der Waals surface area contributed by atoms with Gasteiger partial charge < -0.3 is 33.8 Å². The van der Waals surface area contributed by atoms with E-state index >= 15 is 0 Å².